The Morgan fingerprint density at radius 3 is 2.35 bits per heavy atom. The highest BCUT2D eigenvalue weighted by atomic mass is 16.5. The number of aromatic amines is 1. The molecule has 0 spiro atoms. The molecule has 0 radical (unpaired) electrons. The highest BCUT2D eigenvalue weighted by molar-refractivity contribution is 5.88. The summed E-state index contributed by atoms with van der Waals surface area (Å²) in [6.45, 7) is 2.59. The lowest BCUT2D eigenvalue weighted by atomic mass is 10.1. The van der Waals surface area contributed by atoms with Gasteiger partial charge in [-0.15, -0.1) is 0 Å². The molecule has 116 valence electrons. The number of carbonyl (C=O) groups is 1. The maximum absolute atomic E-state index is 10.9. The molecule has 23 heavy (non-hydrogen) atoms. The molecule has 5 heteroatoms. The minimum absolute atomic E-state index is 0.260. The van der Waals surface area contributed by atoms with E-state index in [9.17, 15) is 4.79 Å². The number of aromatic nitrogens is 2. The molecule has 0 amide bonds. The van der Waals surface area contributed by atoms with Crippen LogP contribution in [0.2, 0.25) is 0 Å². The molecule has 0 bridgehead atoms. The van der Waals surface area contributed by atoms with Crippen molar-refractivity contribution in [3.05, 3.63) is 60.2 Å². The molecule has 0 saturated heterocycles. The summed E-state index contributed by atoms with van der Waals surface area (Å²) in [6, 6.07) is 16.4. The second kappa shape index (κ2) is 6.36. The van der Waals surface area contributed by atoms with Crippen LogP contribution in [-0.4, -0.2) is 27.9 Å². The summed E-state index contributed by atoms with van der Waals surface area (Å²) >= 11 is 0. The van der Waals surface area contributed by atoms with E-state index >= 15 is 0 Å². The highest BCUT2D eigenvalue weighted by Gasteiger charge is 2.08. The minimum atomic E-state index is -0.936. The van der Waals surface area contributed by atoms with Gasteiger partial charge in [-0.05, 0) is 55.0 Å². The molecule has 3 aromatic rings. The van der Waals surface area contributed by atoms with E-state index in [4.69, 9.17) is 9.84 Å². The van der Waals surface area contributed by atoms with Gasteiger partial charge >= 0.3 is 5.97 Å². The molecular weight excluding hydrogens is 292 g/mol. The third kappa shape index (κ3) is 3.23. The fourth-order valence-corrected chi connectivity index (χ4v) is 2.30. The molecule has 3 rings (SSSR count). The minimum Gasteiger partial charge on any atom is -0.494 e. The molecule has 0 aliphatic rings. The second-order valence-electron chi connectivity index (χ2n) is 5.01. The van der Waals surface area contributed by atoms with Gasteiger partial charge in [0, 0.05) is 5.56 Å². The SMILES string of the molecule is CCOc1ccc(-c2cc(-c3ccc(C(=O)O)cc3)n[nH]2)cc1. The van der Waals surface area contributed by atoms with Crippen LogP contribution in [0.25, 0.3) is 22.5 Å². The van der Waals surface area contributed by atoms with Crippen molar-refractivity contribution < 1.29 is 14.6 Å². The number of ether oxygens (including phenoxy) is 1. The van der Waals surface area contributed by atoms with Gasteiger partial charge in [0.25, 0.3) is 0 Å². The number of nitrogens with zero attached hydrogens (tertiary/aromatic N) is 1. The summed E-state index contributed by atoms with van der Waals surface area (Å²) < 4.78 is 5.43. The first-order valence-electron chi connectivity index (χ1n) is 7.29. The number of hydrogen-bond donors (Lipinski definition) is 2. The van der Waals surface area contributed by atoms with Crippen LogP contribution < -0.4 is 4.74 Å². The largest absolute Gasteiger partial charge is 0.494 e. The Bertz CT molecular complexity index is 805. The van der Waals surface area contributed by atoms with E-state index in [1.807, 2.05) is 37.3 Å². The van der Waals surface area contributed by atoms with Gasteiger partial charge in [0.2, 0.25) is 0 Å². The zero-order valence-corrected chi connectivity index (χ0v) is 12.6. The number of benzene rings is 2. The lowest BCUT2D eigenvalue weighted by Crippen LogP contribution is -1.94. The first-order valence-corrected chi connectivity index (χ1v) is 7.29. The molecule has 1 aromatic heterocycles. The van der Waals surface area contributed by atoms with Gasteiger partial charge < -0.3 is 9.84 Å². The van der Waals surface area contributed by atoms with Gasteiger partial charge in [-0.2, -0.15) is 5.10 Å². The van der Waals surface area contributed by atoms with Gasteiger partial charge in [0.05, 0.1) is 23.6 Å². The summed E-state index contributed by atoms with van der Waals surface area (Å²) in [7, 11) is 0. The monoisotopic (exact) mass is 308 g/mol. The molecular formula is C18H16N2O3. The number of H-pyrrole nitrogens is 1. The van der Waals surface area contributed by atoms with Gasteiger partial charge in [-0.1, -0.05) is 12.1 Å². The topological polar surface area (TPSA) is 75.2 Å². The van der Waals surface area contributed by atoms with E-state index in [0.717, 1.165) is 28.3 Å². The molecule has 0 fully saturated rings. The lowest BCUT2D eigenvalue weighted by molar-refractivity contribution is 0.0697. The molecule has 0 saturated carbocycles. The van der Waals surface area contributed by atoms with Crippen LogP contribution in [-0.2, 0) is 0 Å². The van der Waals surface area contributed by atoms with Gasteiger partial charge in [0.15, 0.2) is 0 Å². The lowest BCUT2D eigenvalue weighted by Gasteiger charge is -2.03. The Morgan fingerprint density at radius 1 is 1.09 bits per heavy atom. The van der Waals surface area contributed by atoms with E-state index in [-0.39, 0.29) is 5.56 Å². The molecule has 2 aromatic carbocycles. The van der Waals surface area contributed by atoms with Crippen molar-refractivity contribution in [3.8, 4) is 28.3 Å². The first-order chi connectivity index (χ1) is 11.2. The Labute approximate surface area is 133 Å². The van der Waals surface area contributed by atoms with Crippen LogP contribution in [0.5, 0.6) is 5.75 Å². The Hall–Kier alpha value is -3.08. The van der Waals surface area contributed by atoms with E-state index in [1.54, 1.807) is 24.3 Å². The third-order valence-corrected chi connectivity index (χ3v) is 3.48. The van der Waals surface area contributed by atoms with Crippen LogP contribution in [0.1, 0.15) is 17.3 Å². The molecule has 0 atom stereocenters. The van der Waals surface area contributed by atoms with E-state index in [2.05, 4.69) is 10.2 Å². The molecule has 1 heterocycles. The van der Waals surface area contributed by atoms with Crippen LogP contribution in [0.15, 0.2) is 54.6 Å². The molecule has 0 aliphatic carbocycles. The maximum atomic E-state index is 10.9. The Balaban J connectivity index is 1.83. The number of aromatic carboxylic acids is 1. The highest BCUT2D eigenvalue weighted by Crippen LogP contribution is 2.25. The van der Waals surface area contributed by atoms with E-state index < -0.39 is 5.97 Å². The van der Waals surface area contributed by atoms with Crippen LogP contribution in [0.3, 0.4) is 0 Å². The van der Waals surface area contributed by atoms with E-state index in [1.165, 1.54) is 0 Å². The normalized spacial score (nSPS) is 10.5. The Kier molecular flexibility index (Phi) is 4.10. The fraction of sp³-hybridized carbons (Fsp3) is 0.111. The summed E-state index contributed by atoms with van der Waals surface area (Å²) in [5.41, 5.74) is 3.80. The first kappa shape index (κ1) is 14.8. The number of rotatable bonds is 5. The van der Waals surface area contributed by atoms with Crippen molar-refractivity contribution in [2.24, 2.45) is 0 Å². The quantitative estimate of drug-likeness (QED) is 0.751. The summed E-state index contributed by atoms with van der Waals surface area (Å²) in [6.07, 6.45) is 0. The van der Waals surface area contributed by atoms with E-state index in [0.29, 0.717) is 6.61 Å². The van der Waals surface area contributed by atoms with Crippen LogP contribution >= 0.6 is 0 Å². The number of hydrogen-bond acceptors (Lipinski definition) is 3. The summed E-state index contributed by atoms with van der Waals surface area (Å²) in [5, 5.41) is 16.2. The second-order valence-corrected chi connectivity index (χ2v) is 5.01. The fourth-order valence-electron chi connectivity index (χ4n) is 2.30. The van der Waals surface area contributed by atoms with Crippen molar-refractivity contribution in [2.75, 3.05) is 6.61 Å². The van der Waals surface area contributed by atoms with Crippen molar-refractivity contribution in [1.82, 2.24) is 10.2 Å². The molecule has 0 unspecified atom stereocenters. The summed E-state index contributed by atoms with van der Waals surface area (Å²) in [5.74, 6) is -0.103. The standard InChI is InChI=1S/C18H16N2O3/c1-2-23-15-9-7-13(8-10-15)17-11-16(19-20-17)12-3-5-14(6-4-12)18(21)22/h3-11H,2H2,1H3,(H,19,20)(H,21,22). The van der Waals surface area contributed by atoms with Crippen molar-refractivity contribution in [2.45, 2.75) is 6.92 Å². The molecule has 5 nitrogen and oxygen atoms in total. The average molecular weight is 308 g/mol. The predicted octanol–water partition coefficient (Wildman–Crippen LogP) is 3.84. The number of carboxylic acids is 1. The Morgan fingerprint density at radius 2 is 1.74 bits per heavy atom. The van der Waals surface area contributed by atoms with Crippen molar-refractivity contribution in [1.29, 1.82) is 0 Å². The maximum Gasteiger partial charge on any atom is 0.335 e. The predicted molar refractivity (Wildman–Crippen MR) is 87.6 cm³/mol. The van der Waals surface area contributed by atoms with Gasteiger partial charge in [0.1, 0.15) is 5.75 Å². The molecule has 2 N–H and O–H groups in total. The van der Waals surface area contributed by atoms with Gasteiger partial charge in [-0.25, -0.2) is 4.79 Å². The van der Waals surface area contributed by atoms with Crippen molar-refractivity contribution >= 4 is 5.97 Å². The van der Waals surface area contributed by atoms with Crippen LogP contribution in [0.4, 0.5) is 0 Å². The summed E-state index contributed by atoms with van der Waals surface area (Å²) in [4.78, 5) is 10.9. The average Bonchev–Trinajstić information content (AvgIpc) is 3.06. The van der Waals surface area contributed by atoms with Gasteiger partial charge in [-0.3, -0.25) is 5.10 Å². The van der Waals surface area contributed by atoms with Crippen molar-refractivity contribution in [3.63, 3.8) is 0 Å². The molecule has 0 aliphatic heterocycles. The third-order valence-electron chi connectivity index (χ3n) is 3.48. The number of carboxylic acid groups (broad SMARTS) is 1. The smallest absolute Gasteiger partial charge is 0.335 e. The van der Waals surface area contributed by atoms with Crippen LogP contribution in [0, 0.1) is 0 Å². The number of nitrogens with one attached hydrogen (secondary N) is 1. The zero-order chi connectivity index (χ0) is 16.2. The zero-order valence-electron chi connectivity index (χ0n) is 12.6.